The summed E-state index contributed by atoms with van der Waals surface area (Å²) < 4.78 is 5.43. The molecule has 0 aliphatic heterocycles. The number of unbranched alkanes of at least 4 members (excludes halogenated alkanes) is 32. The van der Waals surface area contributed by atoms with Gasteiger partial charge in [-0.15, -0.1) is 0 Å². The van der Waals surface area contributed by atoms with Crippen molar-refractivity contribution in [2.45, 2.75) is 276 Å². The second-order valence-electron chi connectivity index (χ2n) is 17.5. The van der Waals surface area contributed by atoms with Crippen molar-refractivity contribution in [1.29, 1.82) is 0 Å². The van der Waals surface area contributed by atoms with Crippen LogP contribution in [0.2, 0.25) is 0 Å². The number of ether oxygens (including phenoxy) is 1. The molecule has 0 saturated heterocycles. The number of hydrogen-bond donors (Lipinski definition) is 3. The highest BCUT2D eigenvalue weighted by Gasteiger charge is 2.18. The van der Waals surface area contributed by atoms with Crippen LogP contribution in [0.15, 0.2) is 36.5 Å². The number of carbonyl (C=O) groups is 2. The van der Waals surface area contributed by atoms with Crippen LogP contribution in [-0.2, 0) is 14.3 Å². The quantitative estimate of drug-likeness (QED) is 0.0323. The summed E-state index contributed by atoms with van der Waals surface area (Å²) >= 11 is 0. The van der Waals surface area contributed by atoms with Gasteiger partial charge in [-0.2, -0.15) is 0 Å². The predicted molar refractivity (Wildman–Crippen MR) is 255 cm³/mol. The Labute approximate surface area is 366 Å². The van der Waals surface area contributed by atoms with Crippen molar-refractivity contribution in [3.63, 3.8) is 0 Å². The Balaban J connectivity index is 3.51. The van der Waals surface area contributed by atoms with Crippen molar-refractivity contribution < 1.29 is 24.5 Å². The van der Waals surface area contributed by atoms with Crippen LogP contribution in [0.25, 0.3) is 0 Å². The first-order chi connectivity index (χ1) is 29.0. The first-order valence-corrected chi connectivity index (χ1v) is 25.8. The summed E-state index contributed by atoms with van der Waals surface area (Å²) in [7, 11) is 0. The summed E-state index contributed by atoms with van der Waals surface area (Å²) in [5.41, 5.74) is 0. The number of amides is 1. The molecule has 0 aliphatic rings. The third-order valence-electron chi connectivity index (χ3n) is 11.6. The van der Waals surface area contributed by atoms with Crippen LogP contribution in [0.1, 0.15) is 264 Å². The molecule has 2 unspecified atom stereocenters. The number of allylic oxidation sites excluding steroid dienone is 5. The third-order valence-corrected chi connectivity index (χ3v) is 11.6. The number of nitrogens with one attached hydrogen (secondary N) is 1. The second kappa shape index (κ2) is 48.7. The molecule has 0 rings (SSSR count). The summed E-state index contributed by atoms with van der Waals surface area (Å²) in [6.07, 6.45) is 58.6. The van der Waals surface area contributed by atoms with Crippen molar-refractivity contribution in [2.75, 3.05) is 13.2 Å². The van der Waals surface area contributed by atoms with E-state index in [-0.39, 0.29) is 18.5 Å². The summed E-state index contributed by atoms with van der Waals surface area (Å²) in [6.45, 7) is 4.83. The largest absolute Gasteiger partial charge is 0.466 e. The molecule has 0 aromatic rings. The molecule has 0 aliphatic carbocycles. The van der Waals surface area contributed by atoms with Gasteiger partial charge >= 0.3 is 5.97 Å². The maximum Gasteiger partial charge on any atom is 0.305 e. The maximum absolute atomic E-state index is 12.4. The van der Waals surface area contributed by atoms with Gasteiger partial charge in [-0.25, -0.2) is 0 Å². The van der Waals surface area contributed by atoms with E-state index >= 15 is 0 Å². The molecule has 0 heterocycles. The van der Waals surface area contributed by atoms with E-state index in [1.54, 1.807) is 6.08 Å². The Bertz CT molecular complexity index is 962. The van der Waals surface area contributed by atoms with E-state index in [1.807, 2.05) is 6.08 Å². The zero-order valence-electron chi connectivity index (χ0n) is 39.2. The average molecular weight is 830 g/mol. The van der Waals surface area contributed by atoms with Crippen LogP contribution in [0.5, 0.6) is 0 Å². The molecule has 0 spiro atoms. The standard InChI is InChI=1S/C53H99NO5/c1-3-5-7-9-11-13-15-16-22-26-29-33-37-41-45-51(56)50(49-55)54-52(57)46-42-38-34-30-27-23-20-18-17-19-21-24-28-32-36-40-44-48-59-53(58)47-43-39-35-31-25-14-12-10-8-6-4-2/h10,12,17,19,41,45,50-51,55-56H,3-9,11,13-16,18,20-40,42-44,46-49H2,1-2H3,(H,54,57)/b12-10-,19-17-,45-41+. The van der Waals surface area contributed by atoms with Gasteiger partial charge < -0.3 is 20.3 Å². The molecule has 6 nitrogen and oxygen atoms in total. The van der Waals surface area contributed by atoms with Crippen molar-refractivity contribution >= 4 is 11.9 Å². The molecule has 0 aromatic carbocycles. The number of rotatable bonds is 47. The molecule has 1 amide bonds. The van der Waals surface area contributed by atoms with E-state index in [1.165, 1.54) is 180 Å². The summed E-state index contributed by atoms with van der Waals surface area (Å²) in [5, 5.41) is 23.0. The summed E-state index contributed by atoms with van der Waals surface area (Å²) in [5.74, 6) is -0.0956. The topological polar surface area (TPSA) is 95.9 Å². The van der Waals surface area contributed by atoms with Crippen LogP contribution < -0.4 is 5.32 Å². The number of carbonyl (C=O) groups excluding carboxylic acids is 2. The molecule has 2 atom stereocenters. The van der Waals surface area contributed by atoms with Gasteiger partial charge in [0.05, 0.1) is 25.4 Å². The first kappa shape index (κ1) is 57.1. The number of aliphatic hydroxyl groups excluding tert-OH is 2. The molecule has 0 saturated carbocycles. The number of hydrogen-bond acceptors (Lipinski definition) is 5. The number of esters is 1. The molecule has 59 heavy (non-hydrogen) atoms. The van der Waals surface area contributed by atoms with Gasteiger partial charge in [0.25, 0.3) is 0 Å². The molecule has 3 N–H and O–H groups in total. The minimum Gasteiger partial charge on any atom is -0.466 e. The van der Waals surface area contributed by atoms with Crippen molar-refractivity contribution in [3.05, 3.63) is 36.5 Å². The van der Waals surface area contributed by atoms with Gasteiger partial charge in [-0.3, -0.25) is 9.59 Å². The lowest BCUT2D eigenvalue weighted by Crippen LogP contribution is -2.45. The van der Waals surface area contributed by atoms with E-state index in [2.05, 4.69) is 43.5 Å². The molecule has 0 bridgehead atoms. The van der Waals surface area contributed by atoms with Gasteiger partial charge in [0.15, 0.2) is 0 Å². The highest BCUT2D eigenvalue weighted by atomic mass is 16.5. The maximum atomic E-state index is 12.4. The third kappa shape index (κ3) is 45.4. The molecule has 6 heteroatoms. The fourth-order valence-electron chi connectivity index (χ4n) is 7.61. The van der Waals surface area contributed by atoms with Gasteiger partial charge in [-0.05, 0) is 77.0 Å². The van der Waals surface area contributed by atoms with Crippen LogP contribution in [0.4, 0.5) is 0 Å². The molecule has 0 radical (unpaired) electrons. The van der Waals surface area contributed by atoms with Gasteiger partial charge in [0, 0.05) is 12.8 Å². The van der Waals surface area contributed by atoms with Crippen molar-refractivity contribution in [2.24, 2.45) is 0 Å². The smallest absolute Gasteiger partial charge is 0.305 e. The van der Waals surface area contributed by atoms with E-state index < -0.39 is 12.1 Å². The monoisotopic (exact) mass is 830 g/mol. The predicted octanol–water partition coefficient (Wildman–Crippen LogP) is 15.3. The van der Waals surface area contributed by atoms with Gasteiger partial charge in [0.1, 0.15) is 0 Å². The van der Waals surface area contributed by atoms with E-state index in [9.17, 15) is 19.8 Å². The fraction of sp³-hybridized carbons (Fsp3) is 0.849. The Morgan fingerprint density at radius 1 is 0.458 bits per heavy atom. The highest BCUT2D eigenvalue weighted by molar-refractivity contribution is 5.76. The van der Waals surface area contributed by atoms with Gasteiger partial charge in [0.2, 0.25) is 5.91 Å². The SMILES string of the molecule is CCCC/C=C\CCCCCCCC(=O)OCCCCCCCC/C=C\CCCCCCCCCC(=O)NC(CO)C(O)/C=C/CCCCCCCCCCCCCC. The zero-order chi connectivity index (χ0) is 43.0. The Hall–Kier alpha value is -1.92. The Morgan fingerprint density at radius 3 is 1.25 bits per heavy atom. The first-order valence-electron chi connectivity index (χ1n) is 25.8. The average Bonchev–Trinajstić information content (AvgIpc) is 3.24. The summed E-state index contributed by atoms with van der Waals surface area (Å²) in [6, 6.07) is -0.636. The second-order valence-corrected chi connectivity index (χ2v) is 17.5. The minimum absolute atomic E-state index is 0.0146. The highest BCUT2D eigenvalue weighted by Crippen LogP contribution is 2.15. The van der Waals surface area contributed by atoms with Crippen molar-refractivity contribution in [1.82, 2.24) is 5.32 Å². The minimum atomic E-state index is -0.852. The lowest BCUT2D eigenvalue weighted by molar-refractivity contribution is -0.143. The van der Waals surface area contributed by atoms with Crippen LogP contribution in [0, 0.1) is 0 Å². The normalized spacial score (nSPS) is 12.9. The van der Waals surface area contributed by atoms with Crippen LogP contribution in [-0.4, -0.2) is 47.4 Å². The number of aliphatic hydroxyl groups is 2. The zero-order valence-corrected chi connectivity index (χ0v) is 39.2. The molecule has 346 valence electrons. The molecular formula is C53H99NO5. The molecule has 0 fully saturated rings. The summed E-state index contributed by atoms with van der Waals surface area (Å²) in [4.78, 5) is 24.4. The molecular weight excluding hydrogens is 731 g/mol. The van der Waals surface area contributed by atoms with E-state index in [4.69, 9.17) is 4.74 Å². The van der Waals surface area contributed by atoms with Gasteiger partial charge in [-0.1, -0.05) is 211 Å². The van der Waals surface area contributed by atoms with E-state index in [0.29, 0.717) is 19.4 Å². The lowest BCUT2D eigenvalue weighted by atomic mass is 10.0. The van der Waals surface area contributed by atoms with Crippen LogP contribution in [0.3, 0.4) is 0 Å². The fourth-order valence-corrected chi connectivity index (χ4v) is 7.61. The lowest BCUT2D eigenvalue weighted by Gasteiger charge is -2.20. The Morgan fingerprint density at radius 2 is 0.814 bits per heavy atom. The van der Waals surface area contributed by atoms with Crippen molar-refractivity contribution in [3.8, 4) is 0 Å². The van der Waals surface area contributed by atoms with E-state index in [0.717, 1.165) is 57.8 Å². The Kier molecular flexibility index (Phi) is 47.2. The molecule has 0 aromatic heterocycles. The van der Waals surface area contributed by atoms with Crippen LogP contribution >= 0.6 is 0 Å².